The highest BCUT2D eigenvalue weighted by atomic mass is 16.5. The molecule has 0 unspecified atom stereocenters. The summed E-state index contributed by atoms with van der Waals surface area (Å²) in [5, 5.41) is 8.99. The van der Waals surface area contributed by atoms with Gasteiger partial charge < -0.3 is 19.3 Å². The lowest BCUT2D eigenvalue weighted by atomic mass is 9.98. The van der Waals surface area contributed by atoms with E-state index in [-0.39, 0.29) is 12.3 Å². The van der Waals surface area contributed by atoms with E-state index in [9.17, 15) is 4.79 Å². The summed E-state index contributed by atoms with van der Waals surface area (Å²) in [5.74, 6) is 1.79. The summed E-state index contributed by atoms with van der Waals surface area (Å²) in [4.78, 5) is 10.9. The molecule has 5 heteroatoms. The zero-order chi connectivity index (χ0) is 18.4. The lowest BCUT2D eigenvalue weighted by Gasteiger charge is -2.11. The Bertz CT molecular complexity index is 756. The molecule has 26 heavy (non-hydrogen) atoms. The molecular weight excluding hydrogens is 332 g/mol. The first-order valence-corrected chi connectivity index (χ1v) is 8.90. The van der Waals surface area contributed by atoms with Crippen molar-refractivity contribution in [1.29, 1.82) is 0 Å². The maximum absolute atomic E-state index is 10.9. The Morgan fingerprint density at radius 3 is 2.54 bits per heavy atom. The van der Waals surface area contributed by atoms with Crippen molar-refractivity contribution in [3.8, 4) is 17.2 Å². The van der Waals surface area contributed by atoms with Gasteiger partial charge in [0.1, 0.15) is 17.2 Å². The molecule has 1 aliphatic rings. The molecule has 0 heterocycles. The zero-order valence-corrected chi connectivity index (χ0v) is 14.9. The van der Waals surface area contributed by atoms with Crippen LogP contribution in [-0.2, 0) is 11.2 Å². The molecule has 0 aromatic heterocycles. The number of aryl methyl sites for hydroxylation is 1. The molecular formula is C21H24O5. The molecule has 0 saturated heterocycles. The fourth-order valence-electron chi connectivity index (χ4n) is 3.32. The molecule has 3 rings (SSSR count). The summed E-state index contributed by atoms with van der Waals surface area (Å²) in [6, 6.07) is 13.5. The molecule has 0 amide bonds. The van der Waals surface area contributed by atoms with Gasteiger partial charge in [0.05, 0.1) is 26.7 Å². The third-order valence-electron chi connectivity index (χ3n) is 4.60. The Balaban J connectivity index is 1.43. The van der Waals surface area contributed by atoms with Crippen LogP contribution in [-0.4, -0.2) is 31.4 Å². The van der Waals surface area contributed by atoms with Crippen LogP contribution >= 0.6 is 0 Å². The summed E-state index contributed by atoms with van der Waals surface area (Å²) < 4.78 is 16.7. The minimum absolute atomic E-state index is 0.132. The van der Waals surface area contributed by atoms with Crippen LogP contribution in [0.5, 0.6) is 17.2 Å². The van der Waals surface area contributed by atoms with Crippen molar-refractivity contribution >= 4 is 5.97 Å². The molecule has 2 aromatic carbocycles. The Labute approximate surface area is 153 Å². The average molecular weight is 356 g/mol. The summed E-state index contributed by atoms with van der Waals surface area (Å²) in [5.41, 5.74) is 2.36. The van der Waals surface area contributed by atoms with E-state index in [1.807, 2.05) is 42.5 Å². The average Bonchev–Trinajstić information content (AvgIpc) is 3.03. The third-order valence-corrected chi connectivity index (χ3v) is 4.60. The van der Waals surface area contributed by atoms with E-state index in [1.165, 1.54) is 5.56 Å². The first-order chi connectivity index (χ1) is 12.7. The molecule has 0 aliphatic heterocycles. The SMILES string of the molecule is COc1cccc(OCCCOc2ccc3c(c2)CC[C@H]3CC(=O)O)c1. The Kier molecular flexibility index (Phi) is 6.00. The number of aliphatic carboxylic acids is 1. The van der Waals surface area contributed by atoms with E-state index < -0.39 is 5.97 Å². The van der Waals surface area contributed by atoms with E-state index in [0.717, 1.165) is 42.1 Å². The molecule has 5 nitrogen and oxygen atoms in total. The largest absolute Gasteiger partial charge is 0.497 e. The number of hydrogen-bond acceptors (Lipinski definition) is 4. The molecule has 0 radical (unpaired) electrons. The summed E-state index contributed by atoms with van der Waals surface area (Å²) in [6.45, 7) is 1.14. The van der Waals surface area contributed by atoms with Crippen LogP contribution < -0.4 is 14.2 Å². The van der Waals surface area contributed by atoms with Crippen molar-refractivity contribution in [1.82, 2.24) is 0 Å². The van der Waals surface area contributed by atoms with Crippen LogP contribution in [0.1, 0.15) is 36.3 Å². The van der Waals surface area contributed by atoms with E-state index >= 15 is 0 Å². The number of carboxylic acid groups (broad SMARTS) is 1. The van der Waals surface area contributed by atoms with Gasteiger partial charge in [0, 0.05) is 12.5 Å². The fourth-order valence-corrected chi connectivity index (χ4v) is 3.32. The van der Waals surface area contributed by atoms with Gasteiger partial charge in [-0.2, -0.15) is 0 Å². The number of carboxylic acids is 1. The number of methoxy groups -OCH3 is 1. The van der Waals surface area contributed by atoms with Crippen LogP contribution in [0, 0.1) is 0 Å². The van der Waals surface area contributed by atoms with Gasteiger partial charge in [-0.1, -0.05) is 12.1 Å². The number of fused-ring (bicyclic) bond motifs is 1. The van der Waals surface area contributed by atoms with E-state index in [1.54, 1.807) is 7.11 Å². The third kappa shape index (κ3) is 4.69. The second-order valence-corrected chi connectivity index (χ2v) is 6.42. The van der Waals surface area contributed by atoms with Crippen LogP contribution in [0.4, 0.5) is 0 Å². The molecule has 1 atom stereocenters. The number of benzene rings is 2. The first kappa shape index (κ1) is 18.1. The van der Waals surface area contributed by atoms with Crippen LogP contribution in [0.2, 0.25) is 0 Å². The smallest absolute Gasteiger partial charge is 0.303 e. The van der Waals surface area contributed by atoms with Gasteiger partial charge in [-0.05, 0) is 54.2 Å². The molecule has 0 spiro atoms. The number of carbonyl (C=O) groups is 1. The van der Waals surface area contributed by atoms with Crippen molar-refractivity contribution in [2.24, 2.45) is 0 Å². The van der Waals surface area contributed by atoms with E-state index in [2.05, 4.69) is 0 Å². The highest BCUT2D eigenvalue weighted by Crippen LogP contribution is 2.37. The summed E-state index contributed by atoms with van der Waals surface area (Å²) in [7, 11) is 1.63. The van der Waals surface area contributed by atoms with E-state index in [0.29, 0.717) is 13.2 Å². The molecule has 2 aromatic rings. The monoisotopic (exact) mass is 356 g/mol. The Morgan fingerprint density at radius 1 is 1.08 bits per heavy atom. The minimum atomic E-state index is -0.737. The van der Waals surface area contributed by atoms with E-state index in [4.69, 9.17) is 19.3 Å². The van der Waals surface area contributed by atoms with Gasteiger partial charge in [0.25, 0.3) is 0 Å². The zero-order valence-electron chi connectivity index (χ0n) is 14.9. The minimum Gasteiger partial charge on any atom is -0.497 e. The number of ether oxygens (including phenoxy) is 3. The second kappa shape index (κ2) is 8.61. The molecule has 138 valence electrons. The number of rotatable bonds is 9. The van der Waals surface area contributed by atoms with Gasteiger partial charge >= 0.3 is 5.97 Å². The standard InChI is InChI=1S/C21H24O5/c1-24-17-4-2-5-18(14-17)25-10-3-11-26-19-8-9-20-15(12-19)6-7-16(20)13-21(22)23/h2,4-5,8-9,12,14,16H,3,6-7,10-11,13H2,1H3,(H,22,23)/t16-/m0/s1. The Hall–Kier alpha value is -2.69. The van der Waals surface area contributed by atoms with Gasteiger partial charge in [0.15, 0.2) is 0 Å². The van der Waals surface area contributed by atoms with Gasteiger partial charge in [-0.3, -0.25) is 4.79 Å². The summed E-state index contributed by atoms with van der Waals surface area (Å²) >= 11 is 0. The second-order valence-electron chi connectivity index (χ2n) is 6.42. The van der Waals surface area contributed by atoms with Crippen molar-refractivity contribution in [3.63, 3.8) is 0 Å². The highest BCUT2D eigenvalue weighted by molar-refractivity contribution is 5.68. The molecule has 0 bridgehead atoms. The highest BCUT2D eigenvalue weighted by Gasteiger charge is 2.24. The predicted molar refractivity (Wildman–Crippen MR) is 98.4 cm³/mol. The topological polar surface area (TPSA) is 65.0 Å². The lowest BCUT2D eigenvalue weighted by Crippen LogP contribution is -2.05. The van der Waals surface area contributed by atoms with Gasteiger partial charge in [-0.25, -0.2) is 0 Å². The fraction of sp³-hybridized carbons (Fsp3) is 0.381. The first-order valence-electron chi connectivity index (χ1n) is 8.90. The maximum Gasteiger partial charge on any atom is 0.303 e. The predicted octanol–water partition coefficient (Wildman–Crippen LogP) is 4.05. The molecule has 0 fully saturated rings. The van der Waals surface area contributed by atoms with Crippen molar-refractivity contribution < 1.29 is 24.1 Å². The van der Waals surface area contributed by atoms with Crippen LogP contribution in [0.25, 0.3) is 0 Å². The van der Waals surface area contributed by atoms with Crippen molar-refractivity contribution in [2.45, 2.75) is 31.6 Å². The lowest BCUT2D eigenvalue weighted by molar-refractivity contribution is -0.137. The maximum atomic E-state index is 10.9. The molecule has 1 N–H and O–H groups in total. The normalized spacial score (nSPS) is 15.3. The summed E-state index contributed by atoms with van der Waals surface area (Å²) in [6.07, 6.45) is 2.80. The van der Waals surface area contributed by atoms with Crippen LogP contribution in [0.3, 0.4) is 0 Å². The molecule has 1 aliphatic carbocycles. The Morgan fingerprint density at radius 2 is 1.81 bits per heavy atom. The van der Waals surface area contributed by atoms with Crippen molar-refractivity contribution in [3.05, 3.63) is 53.6 Å². The number of hydrogen-bond donors (Lipinski definition) is 1. The van der Waals surface area contributed by atoms with Crippen molar-refractivity contribution in [2.75, 3.05) is 20.3 Å². The van der Waals surface area contributed by atoms with Crippen LogP contribution in [0.15, 0.2) is 42.5 Å². The van der Waals surface area contributed by atoms with Gasteiger partial charge in [0.2, 0.25) is 0 Å². The van der Waals surface area contributed by atoms with Gasteiger partial charge in [-0.15, -0.1) is 0 Å². The quantitative estimate of drug-likeness (QED) is 0.687. The molecule has 0 saturated carbocycles.